The molecular weight excluding hydrogens is 152 g/mol. The molecule has 5 nitrogen and oxygen atoms in total. The van der Waals surface area contributed by atoms with Gasteiger partial charge in [0.2, 0.25) is 0 Å². The van der Waals surface area contributed by atoms with Gasteiger partial charge in [-0.2, -0.15) is 0 Å². The molecule has 1 rings (SSSR count). The highest BCUT2D eigenvalue weighted by Crippen LogP contribution is 2.21. The number of rotatable bonds is 1. The Balaban J connectivity index is 2.59. The van der Waals surface area contributed by atoms with E-state index in [9.17, 15) is 0 Å². The second-order valence-corrected chi connectivity index (χ2v) is 2.71. The summed E-state index contributed by atoms with van der Waals surface area (Å²) in [6, 6.07) is 0. The highest BCUT2D eigenvalue weighted by Gasteiger charge is 2.43. The average molecular weight is 164 g/mol. The Hall–Kier alpha value is -0.200. The largest absolute Gasteiger partial charge is 0.391 e. The molecule has 4 N–H and O–H groups in total. The Morgan fingerprint density at radius 2 is 1.73 bits per heavy atom. The lowest BCUT2D eigenvalue weighted by Crippen LogP contribution is -2.37. The summed E-state index contributed by atoms with van der Waals surface area (Å²) in [6.45, 7) is 1.42. The summed E-state index contributed by atoms with van der Waals surface area (Å²) in [6.07, 6.45) is -5.75. The SMILES string of the molecule is C[C@@H](O)[C@H]1O[C@@H](O)[C@@H](O)[C@@H]1O. The van der Waals surface area contributed by atoms with Crippen LogP contribution in [0.4, 0.5) is 0 Å². The van der Waals surface area contributed by atoms with Gasteiger partial charge in [-0.1, -0.05) is 0 Å². The molecule has 11 heavy (non-hydrogen) atoms. The van der Waals surface area contributed by atoms with E-state index in [1.54, 1.807) is 0 Å². The van der Waals surface area contributed by atoms with Gasteiger partial charge in [0, 0.05) is 0 Å². The minimum absolute atomic E-state index is 0.903. The van der Waals surface area contributed by atoms with Gasteiger partial charge in [-0.3, -0.25) is 0 Å². The first kappa shape index (κ1) is 8.89. The van der Waals surface area contributed by atoms with Crippen molar-refractivity contribution in [1.29, 1.82) is 0 Å². The van der Waals surface area contributed by atoms with E-state index in [0.717, 1.165) is 0 Å². The Morgan fingerprint density at radius 3 is 1.91 bits per heavy atom. The molecule has 0 aromatic rings. The van der Waals surface area contributed by atoms with Crippen LogP contribution in [-0.2, 0) is 4.74 Å². The highest BCUT2D eigenvalue weighted by atomic mass is 16.6. The molecule has 0 bridgehead atoms. The van der Waals surface area contributed by atoms with Crippen molar-refractivity contribution in [3.05, 3.63) is 0 Å². The summed E-state index contributed by atoms with van der Waals surface area (Å²) in [4.78, 5) is 0. The van der Waals surface area contributed by atoms with E-state index in [1.165, 1.54) is 6.92 Å². The van der Waals surface area contributed by atoms with Crippen LogP contribution in [0.2, 0.25) is 0 Å². The predicted molar refractivity (Wildman–Crippen MR) is 34.6 cm³/mol. The lowest BCUT2D eigenvalue weighted by atomic mass is 10.1. The van der Waals surface area contributed by atoms with Crippen LogP contribution in [0.5, 0.6) is 0 Å². The summed E-state index contributed by atoms with van der Waals surface area (Å²) in [7, 11) is 0. The van der Waals surface area contributed by atoms with Gasteiger partial charge in [0.1, 0.15) is 18.3 Å². The first-order chi connectivity index (χ1) is 5.04. The summed E-state index contributed by atoms with van der Waals surface area (Å²) in [5.74, 6) is 0. The molecule has 0 spiro atoms. The Bertz CT molecular complexity index is 137. The molecule has 0 aromatic heterocycles. The minimum Gasteiger partial charge on any atom is -0.391 e. The van der Waals surface area contributed by atoms with Gasteiger partial charge in [0.25, 0.3) is 0 Å². The van der Waals surface area contributed by atoms with Crippen molar-refractivity contribution in [2.24, 2.45) is 0 Å². The van der Waals surface area contributed by atoms with Crippen LogP contribution < -0.4 is 0 Å². The van der Waals surface area contributed by atoms with Gasteiger partial charge in [-0.15, -0.1) is 0 Å². The first-order valence-corrected chi connectivity index (χ1v) is 3.41. The molecular formula is C6H12O5. The molecule has 0 aromatic carbocycles. The minimum atomic E-state index is -1.40. The average Bonchev–Trinajstić information content (AvgIpc) is 2.17. The molecule has 0 aliphatic carbocycles. The van der Waals surface area contributed by atoms with Crippen molar-refractivity contribution >= 4 is 0 Å². The molecule has 1 fully saturated rings. The number of aliphatic hydroxyl groups excluding tert-OH is 4. The molecule has 1 saturated heterocycles. The van der Waals surface area contributed by atoms with E-state index in [0.29, 0.717) is 0 Å². The van der Waals surface area contributed by atoms with Gasteiger partial charge in [0.15, 0.2) is 6.29 Å². The smallest absolute Gasteiger partial charge is 0.184 e. The van der Waals surface area contributed by atoms with Gasteiger partial charge in [-0.05, 0) is 6.92 Å². The van der Waals surface area contributed by atoms with Crippen LogP contribution in [0.1, 0.15) is 6.92 Å². The number of aliphatic hydroxyl groups is 4. The maximum absolute atomic E-state index is 9.10. The second-order valence-electron chi connectivity index (χ2n) is 2.71. The van der Waals surface area contributed by atoms with Crippen molar-refractivity contribution in [1.82, 2.24) is 0 Å². The van der Waals surface area contributed by atoms with E-state index in [-0.39, 0.29) is 0 Å². The first-order valence-electron chi connectivity index (χ1n) is 3.41. The second kappa shape index (κ2) is 3.04. The van der Waals surface area contributed by atoms with E-state index in [1.807, 2.05) is 0 Å². The monoisotopic (exact) mass is 164 g/mol. The Labute approximate surface area is 63.8 Å². The van der Waals surface area contributed by atoms with E-state index in [4.69, 9.17) is 20.4 Å². The quantitative estimate of drug-likeness (QED) is 0.353. The third kappa shape index (κ3) is 1.52. The normalized spacial score (nSPS) is 47.7. The molecule has 1 aliphatic heterocycles. The molecule has 66 valence electrons. The summed E-state index contributed by atoms with van der Waals surface area (Å²) in [5, 5.41) is 35.8. The predicted octanol–water partition coefficient (Wildman–Crippen LogP) is -2.19. The van der Waals surface area contributed by atoms with Crippen molar-refractivity contribution in [2.75, 3.05) is 0 Å². The number of hydrogen-bond acceptors (Lipinski definition) is 5. The molecule has 1 aliphatic rings. The molecule has 0 amide bonds. The van der Waals surface area contributed by atoms with Crippen LogP contribution in [0.25, 0.3) is 0 Å². The fourth-order valence-electron chi connectivity index (χ4n) is 1.08. The third-order valence-electron chi connectivity index (χ3n) is 1.75. The zero-order chi connectivity index (χ0) is 8.59. The topological polar surface area (TPSA) is 90.2 Å². The zero-order valence-electron chi connectivity index (χ0n) is 6.08. The van der Waals surface area contributed by atoms with Crippen molar-refractivity contribution < 1.29 is 25.2 Å². The van der Waals surface area contributed by atoms with Gasteiger partial charge < -0.3 is 25.2 Å². The van der Waals surface area contributed by atoms with Gasteiger partial charge >= 0.3 is 0 Å². The van der Waals surface area contributed by atoms with Crippen LogP contribution in [0.3, 0.4) is 0 Å². The fraction of sp³-hybridized carbons (Fsp3) is 1.00. The lowest BCUT2D eigenvalue weighted by molar-refractivity contribution is -0.143. The number of hydrogen-bond donors (Lipinski definition) is 4. The van der Waals surface area contributed by atoms with Crippen LogP contribution in [0, 0.1) is 0 Å². The zero-order valence-corrected chi connectivity index (χ0v) is 6.08. The molecule has 0 radical (unpaired) electrons. The van der Waals surface area contributed by atoms with E-state index in [2.05, 4.69) is 4.74 Å². The van der Waals surface area contributed by atoms with Crippen LogP contribution >= 0.6 is 0 Å². The number of ether oxygens (including phenoxy) is 1. The summed E-state index contributed by atoms with van der Waals surface area (Å²) >= 11 is 0. The molecule has 0 saturated carbocycles. The molecule has 1 heterocycles. The fourth-order valence-corrected chi connectivity index (χ4v) is 1.08. The van der Waals surface area contributed by atoms with Crippen molar-refractivity contribution in [2.45, 2.75) is 37.6 Å². The van der Waals surface area contributed by atoms with Crippen LogP contribution in [0.15, 0.2) is 0 Å². The highest BCUT2D eigenvalue weighted by molar-refractivity contribution is 4.88. The third-order valence-corrected chi connectivity index (χ3v) is 1.75. The Morgan fingerprint density at radius 1 is 1.18 bits per heavy atom. The van der Waals surface area contributed by atoms with Crippen molar-refractivity contribution in [3.8, 4) is 0 Å². The molecule has 0 unspecified atom stereocenters. The van der Waals surface area contributed by atoms with Gasteiger partial charge in [-0.25, -0.2) is 0 Å². The van der Waals surface area contributed by atoms with E-state index >= 15 is 0 Å². The maximum Gasteiger partial charge on any atom is 0.184 e. The lowest BCUT2D eigenvalue weighted by Gasteiger charge is -2.16. The maximum atomic E-state index is 9.10. The molecule has 5 heteroatoms. The molecule has 5 atom stereocenters. The van der Waals surface area contributed by atoms with Crippen LogP contribution in [-0.4, -0.2) is 51.1 Å². The van der Waals surface area contributed by atoms with Crippen molar-refractivity contribution in [3.63, 3.8) is 0 Å². The van der Waals surface area contributed by atoms with Gasteiger partial charge in [0.05, 0.1) is 6.10 Å². The standard InChI is InChI=1S/C6H12O5/c1-2(7)5-3(8)4(9)6(10)11-5/h2-10H,1H3/t2-,3+,4+,5-,6-/m1/s1. The van der Waals surface area contributed by atoms with E-state index < -0.39 is 30.7 Å². The summed E-state index contributed by atoms with van der Waals surface area (Å²) < 4.78 is 4.65. The summed E-state index contributed by atoms with van der Waals surface area (Å²) in [5.41, 5.74) is 0. The Kier molecular flexibility index (Phi) is 2.46.